The molecule has 4 aromatic rings. The van der Waals surface area contributed by atoms with Gasteiger partial charge in [0.25, 0.3) is 5.91 Å². The van der Waals surface area contributed by atoms with E-state index in [-0.39, 0.29) is 23.0 Å². The lowest BCUT2D eigenvalue weighted by atomic mass is 9.99. The van der Waals surface area contributed by atoms with Gasteiger partial charge in [-0.05, 0) is 42.0 Å². The number of amides is 1. The van der Waals surface area contributed by atoms with Crippen molar-refractivity contribution in [3.8, 4) is 21.7 Å². The molecule has 0 aliphatic heterocycles. The van der Waals surface area contributed by atoms with Gasteiger partial charge in [-0.2, -0.15) is 0 Å². The summed E-state index contributed by atoms with van der Waals surface area (Å²) in [5, 5.41) is 12.8. The number of thiophene rings is 1. The highest BCUT2D eigenvalue weighted by atomic mass is 32.2. The molecule has 2 aromatic carbocycles. The van der Waals surface area contributed by atoms with E-state index in [1.54, 1.807) is 55.5 Å². The predicted molar refractivity (Wildman–Crippen MR) is 140 cm³/mol. The maximum atomic E-state index is 14.9. The van der Waals surface area contributed by atoms with E-state index in [1.807, 2.05) is 0 Å². The Balaban J connectivity index is 1.68. The van der Waals surface area contributed by atoms with Crippen molar-refractivity contribution in [3.63, 3.8) is 0 Å². The number of pyridine rings is 1. The summed E-state index contributed by atoms with van der Waals surface area (Å²) in [7, 11) is -3.38. The Morgan fingerprint density at radius 1 is 1.14 bits per heavy atom. The number of primary amides is 1. The molecule has 0 radical (unpaired) electrons. The molecule has 0 aliphatic carbocycles. The fraction of sp³-hybridized carbons (Fsp3) is 0.154. The number of carbonyl (C=O) groups excluding carboxylic acids is 1. The first-order chi connectivity index (χ1) is 17.1. The minimum Gasteiger partial charge on any atom is -0.396 e. The van der Waals surface area contributed by atoms with Gasteiger partial charge in [-0.1, -0.05) is 37.3 Å². The highest BCUT2D eigenvalue weighted by Crippen LogP contribution is 2.38. The predicted octanol–water partition coefficient (Wildman–Crippen LogP) is 4.96. The molecule has 2 heterocycles. The number of hydrogen-bond donors (Lipinski definition) is 3. The number of sulfone groups is 1. The Bertz CT molecular complexity index is 1550. The average molecular weight is 526 g/mol. The van der Waals surface area contributed by atoms with Crippen LogP contribution in [0.5, 0.6) is 0 Å². The smallest absolute Gasteiger partial charge is 0.251 e. The first-order valence-corrected chi connectivity index (χ1v) is 13.7. The number of nitrogens with two attached hydrogens (primary N) is 1. The van der Waals surface area contributed by atoms with Gasteiger partial charge < -0.3 is 16.2 Å². The van der Waals surface area contributed by atoms with Gasteiger partial charge >= 0.3 is 0 Å². The van der Waals surface area contributed by atoms with Crippen molar-refractivity contribution >= 4 is 37.9 Å². The minimum absolute atomic E-state index is 0.0949. The lowest BCUT2D eigenvalue weighted by molar-refractivity contribution is 0.100. The first-order valence-electron chi connectivity index (χ1n) is 11.0. The number of nitrogens with zero attached hydrogens (tertiary/aromatic N) is 1. The molecule has 2 aromatic heterocycles. The fourth-order valence-electron chi connectivity index (χ4n) is 3.61. The third-order valence-corrected chi connectivity index (χ3v) is 7.84. The molecule has 4 N–H and O–H groups in total. The number of rotatable bonds is 8. The molecule has 0 spiro atoms. The van der Waals surface area contributed by atoms with Crippen LogP contribution in [0.2, 0.25) is 0 Å². The van der Waals surface area contributed by atoms with Gasteiger partial charge in [-0.25, -0.2) is 17.8 Å². The average Bonchev–Trinajstić information content (AvgIpc) is 3.27. The van der Waals surface area contributed by atoms with Crippen LogP contribution < -0.4 is 11.1 Å². The van der Waals surface area contributed by atoms with Gasteiger partial charge in [0.15, 0.2) is 9.84 Å². The molecule has 0 bridgehead atoms. The Kier molecular flexibility index (Phi) is 7.21. The maximum Gasteiger partial charge on any atom is 0.251 e. The summed E-state index contributed by atoms with van der Waals surface area (Å²) >= 11 is 1.16. The third-order valence-electron chi connectivity index (χ3n) is 5.65. The molecule has 1 unspecified atom stereocenters. The zero-order valence-electron chi connectivity index (χ0n) is 19.5. The zero-order valence-corrected chi connectivity index (χ0v) is 21.2. The van der Waals surface area contributed by atoms with Crippen LogP contribution in [0, 0.1) is 5.82 Å². The molecule has 10 heteroatoms. The molecule has 0 aliphatic rings. The normalized spacial score (nSPS) is 12.3. The van der Waals surface area contributed by atoms with E-state index < -0.39 is 21.6 Å². The van der Waals surface area contributed by atoms with Crippen LogP contribution in [0.3, 0.4) is 0 Å². The van der Waals surface area contributed by atoms with E-state index in [2.05, 4.69) is 10.3 Å². The Morgan fingerprint density at radius 3 is 2.56 bits per heavy atom. The van der Waals surface area contributed by atoms with Crippen molar-refractivity contribution in [1.29, 1.82) is 0 Å². The van der Waals surface area contributed by atoms with Crippen molar-refractivity contribution in [2.24, 2.45) is 5.73 Å². The second-order valence-electron chi connectivity index (χ2n) is 8.37. The van der Waals surface area contributed by atoms with Gasteiger partial charge in [-0.15, -0.1) is 11.3 Å². The summed E-state index contributed by atoms with van der Waals surface area (Å²) < 4.78 is 38.7. The number of hydrogen-bond acceptors (Lipinski definition) is 7. The second-order valence-corrected chi connectivity index (χ2v) is 11.4. The summed E-state index contributed by atoms with van der Waals surface area (Å²) in [6.07, 6.45) is 1.14. The van der Waals surface area contributed by atoms with Crippen LogP contribution in [0.1, 0.15) is 28.8 Å². The van der Waals surface area contributed by atoms with E-state index in [0.717, 1.165) is 17.6 Å². The Morgan fingerprint density at radius 2 is 1.89 bits per heavy atom. The second kappa shape index (κ2) is 10.2. The molecule has 0 saturated carbocycles. The number of aromatic nitrogens is 1. The van der Waals surface area contributed by atoms with Gasteiger partial charge in [-0.3, -0.25) is 4.79 Å². The van der Waals surface area contributed by atoms with Crippen LogP contribution in [-0.4, -0.2) is 37.3 Å². The molecule has 4 rings (SSSR count). The Hall–Kier alpha value is -3.60. The van der Waals surface area contributed by atoms with Gasteiger partial charge in [0, 0.05) is 34.8 Å². The summed E-state index contributed by atoms with van der Waals surface area (Å²) in [5.41, 5.74) is 7.90. The van der Waals surface area contributed by atoms with Crippen LogP contribution >= 0.6 is 11.3 Å². The van der Waals surface area contributed by atoms with Crippen LogP contribution in [-0.2, 0) is 9.84 Å². The monoisotopic (exact) mass is 525 g/mol. The van der Waals surface area contributed by atoms with E-state index in [1.165, 1.54) is 18.2 Å². The van der Waals surface area contributed by atoms with Crippen molar-refractivity contribution in [2.45, 2.75) is 17.7 Å². The molecule has 186 valence electrons. The molecular weight excluding hydrogens is 501 g/mol. The number of aliphatic hydroxyl groups is 1. The van der Waals surface area contributed by atoms with Crippen LogP contribution in [0.4, 0.5) is 15.2 Å². The first kappa shape index (κ1) is 25.5. The SMILES string of the molecule is CC(CO)c1ccc(-c2cc(C(N)=O)c(Nc3cccc(-c4cccc(S(C)(=O)=O)c4)n3)s2)c(F)c1. The molecule has 1 atom stereocenters. The van der Waals surface area contributed by atoms with Crippen molar-refractivity contribution < 1.29 is 22.7 Å². The topological polar surface area (TPSA) is 122 Å². The molecule has 7 nitrogen and oxygen atoms in total. The number of nitrogens with one attached hydrogen (secondary N) is 1. The standard InChI is InChI=1S/C26H24FN3O4S2/c1-15(14-31)16-9-10-19(21(27)12-16)23-13-20(25(28)32)26(35-23)30-24-8-4-7-22(29-24)17-5-3-6-18(11-17)36(2,33)34/h3-13,15,31H,14H2,1-2H3,(H2,28,32)(H,29,30). The number of benzene rings is 2. The van der Waals surface area contributed by atoms with Crippen LogP contribution in [0.15, 0.2) is 71.6 Å². The number of halogens is 1. The van der Waals surface area contributed by atoms with Gasteiger partial charge in [0.05, 0.1) is 16.2 Å². The minimum atomic E-state index is -3.38. The van der Waals surface area contributed by atoms with Crippen molar-refractivity contribution in [2.75, 3.05) is 18.2 Å². The van der Waals surface area contributed by atoms with E-state index in [0.29, 0.717) is 38.1 Å². The number of aliphatic hydroxyl groups excluding tert-OH is 1. The maximum absolute atomic E-state index is 14.9. The lowest BCUT2D eigenvalue weighted by Crippen LogP contribution is -2.11. The molecule has 0 fully saturated rings. The number of carbonyl (C=O) groups is 1. The summed E-state index contributed by atoms with van der Waals surface area (Å²) in [6, 6.07) is 17.9. The third kappa shape index (κ3) is 5.46. The summed E-state index contributed by atoms with van der Waals surface area (Å²) in [6.45, 7) is 1.70. The van der Waals surface area contributed by atoms with E-state index in [9.17, 15) is 22.7 Å². The largest absolute Gasteiger partial charge is 0.396 e. The summed E-state index contributed by atoms with van der Waals surface area (Å²) in [4.78, 5) is 17.4. The Labute approximate surface area is 212 Å². The van der Waals surface area contributed by atoms with Crippen LogP contribution in [0.25, 0.3) is 21.7 Å². The highest BCUT2D eigenvalue weighted by Gasteiger charge is 2.19. The molecule has 0 saturated heterocycles. The van der Waals surface area contributed by atoms with E-state index in [4.69, 9.17) is 5.73 Å². The lowest BCUT2D eigenvalue weighted by Gasteiger charge is -2.10. The van der Waals surface area contributed by atoms with Crippen molar-refractivity contribution in [3.05, 3.63) is 83.7 Å². The summed E-state index contributed by atoms with van der Waals surface area (Å²) in [5.74, 6) is -0.946. The van der Waals surface area contributed by atoms with Gasteiger partial charge in [0.1, 0.15) is 16.6 Å². The molecular formula is C26H24FN3O4S2. The zero-order chi connectivity index (χ0) is 26.0. The molecule has 1 amide bonds. The van der Waals surface area contributed by atoms with Crippen molar-refractivity contribution in [1.82, 2.24) is 4.98 Å². The quantitative estimate of drug-likeness (QED) is 0.299. The fourth-order valence-corrected chi connectivity index (χ4v) is 5.37. The number of anilines is 2. The molecule has 36 heavy (non-hydrogen) atoms. The van der Waals surface area contributed by atoms with E-state index >= 15 is 0 Å². The highest BCUT2D eigenvalue weighted by molar-refractivity contribution is 7.90. The van der Waals surface area contributed by atoms with Gasteiger partial charge in [0.2, 0.25) is 0 Å².